The van der Waals surface area contributed by atoms with E-state index in [4.69, 9.17) is 14.2 Å². The highest BCUT2D eigenvalue weighted by molar-refractivity contribution is 5.73. The lowest BCUT2D eigenvalue weighted by molar-refractivity contribution is -0.150. The summed E-state index contributed by atoms with van der Waals surface area (Å²) in [5.41, 5.74) is 0.505. The lowest BCUT2D eigenvalue weighted by atomic mass is 10.1. The highest BCUT2D eigenvalue weighted by Crippen LogP contribution is 2.36. The Bertz CT molecular complexity index is 1270. The van der Waals surface area contributed by atoms with Crippen LogP contribution in [0.25, 0.3) is 0 Å². The van der Waals surface area contributed by atoms with E-state index >= 15 is 0 Å². The van der Waals surface area contributed by atoms with Gasteiger partial charge in [0.1, 0.15) is 23.9 Å². The van der Waals surface area contributed by atoms with Gasteiger partial charge in [0.05, 0.1) is 12.1 Å². The van der Waals surface area contributed by atoms with Gasteiger partial charge in [0.15, 0.2) is 6.10 Å². The average molecular weight is 578 g/mol. The summed E-state index contributed by atoms with van der Waals surface area (Å²) in [6.45, 7) is 2.17. The topological polar surface area (TPSA) is 85.3 Å². The Morgan fingerprint density at radius 1 is 0.927 bits per heavy atom. The minimum atomic E-state index is -4.70. The van der Waals surface area contributed by atoms with Crippen LogP contribution < -0.4 is 9.47 Å². The average Bonchev–Trinajstić information content (AvgIpc) is 2.93. The number of ether oxygens (including phenoxy) is 3. The largest absolute Gasteiger partial charge is 0.492 e. The minimum absolute atomic E-state index is 0.0165. The zero-order chi connectivity index (χ0) is 29.8. The lowest BCUT2D eigenvalue weighted by Crippen LogP contribution is -2.38. The Hall–Kier alpha value is -4.12. The number of carboxylic acid groups (broad SMARTS) is 1. The summed E-state index contributed by atoms with van der Waals surface area (Å²) < 4.78 is 69.5. The van der Waals surface area contributed by atoms with Crippen LogP contribution in [0.4, 0.5) is 22.4 Å². The summed E-state index contributed by atoms with van der Waals surface area (Å²) in [5, 5.41) is 9.26. The second-order valence-electron chi connectivity index (χ2n) is 9.06. The van der Waals surface area contributed by atoms with Crippen LogP contribution in [0.3, 0.4) is 0 Å². The quantitative estimate of drug-likeness (QED) is 0.224. The van der Waals surface area contributed by atoms with E-state index in [1.165, 1.54) is 29.2 Å². The molecule has 1 amide bonds. The van der Waals surface area contributed by atoms with Gasteiger partial charge < -0.3 is 24.2 Å². The number of carbonyl (C=O) groups excluding carboxylic acids is 1. The first-order valence-corrected chi connectivity index (χ1v) is 13.0. The Balaban J connectivity index is 1.63. The molecule has 3 rings (SSSR count). The monoisotopic (exact) mass is 577 g/mol. The molecule has 0 aliphatic rings. The molecule has 0 fully saturated rings. The fourth-order valence-electron chi connectivity index (χ4n) is 4.00. The number of benzene rings is 3. The molecule has 0 heterocycles. The Labute approximate surface area is 235 Å². The maximum Gasteiger partial charge on any atom is 0.419 e. The number of rotatable bonds is 14. The summed E-state index contributed by atoms with van der Waals surface area (Å²) in [4.78, 5) is 25.5. The lowest BCUT2D eigenvalue weighted by Gasteiger charge is -2.23. The van der Waals surface area contributed by atoms with Gasteiger partial charge in [0.25, 0.3) is 0 Å². The van der Waals surface area contributed by atoms with Gasteiger partial charge in [-0.05, 0) is 67.3 Å². The Morgan fingerprint density at radius 3 is 2.22 bits per heavy atom. The van der Waals surface area contributed by atoms with Crippen LogP contribution in [0.2, 0.25) is 0 Å². The van der Waals surface area contributed by atoms with Crippen molar-refractivity contribution in [1.29, 1.82) is 0 Å². The molecule has 0 spiro atoms. The molecular formula is C30H31F4NO6. The number of aryl methyl sites for hydroxylation is 1. The molecule has 0 radical (unpaired) electrons. The molecule has 1 atom stereocenters. The van der Waals surface area contributed by atoms with Crippen molar-refractivity contribution < 1.29 is 46.5 Å². The number of para-hydroxylation sites is 1. The van der Waals surface area contributed by atoms with Gasteiger partial charge in [0, 0.05) is 19.6 Å². The molecule has 3 aromatic rings. The van der Waals surface area contributed by atoms with Crippen LogP contribution in [-0.2, 0) is 28.5 Å². The number of hydrogen-bond donors (Lipinski definition) is 1. The van der Waals surface area contributed by atoms with Gasteiger partial charge in [-0.15, -0.1) is 0 Å². The number of hydrogen-bond acceptors (Lipinski definition) is 5. The molecular weight excluding hydrogens is 546 g/mol. The summed E-state index contributed by atoms with van der Waals surface area (Å²) in [5.74, 6) is -1.57. The normalized spacial score (nSPS) is 12.0. The predicted molar refractivity (Wildman–Crippen MR) is 142 cm³/mol. The van der Waals surface area contributed by atoms with Crippen molar-refractivity contribution in [3.8, 4) is 11.5 Å². The van der Waals surface area contributed by atoms with E-state index in [9.17, 15) is 32.3 Å². The molecule has 0 saturated heterocycles. The molecule has 220 valence electrons. The van der Waals surface area contributed by atoms with Crippen LogP contribution in [-0.4, -0.2) is 54.5 Å². The highest BCUT2D eigenvalue weighted by atomic mass is 19.4. The number of aliphatic carboxylic acids is 1. The molecule has 0 saturated carbocycles. The van der Waals surface area contributed by atoms with E-state index in [2.05, 4.69) is 0 Å². The third-order valence-corrected chi connectivity index (χ3v) is 6.07. The predicted octanol–water partition coefficient (Wildman–Crippen LogP) is 6.39. The van der Waals surface area contributed by atoms with Crippen molar-refractivity contribution in [1.82, 2.24) is 4.90 Å². The minimum Gasteiger partial charge on any atom is -0.492 e. The molecule has 0 bridgehead atoms. The van der Waals surface area contributed by atoms with Crippen molar-refractivity contribution in [3.63, 3.8) is 0 Å². The van der Waals surface area contributed by atoms with Gasteiger partial charge in [0.2, 0.25) is 0 Å². The number of nitrogens with zero attached hydrogens (tertiary/aromatic N) is 1. The molecule has 0 aromatic heterocycles. The van der Waals surface area contributed by atoms with E-state index in [0.717, 1.165) is 23.3 Å². The first-order chi connectivity index (χ1) is 19.6. The van der Waals surface area contributed by atoms with Gasteiger partial charge in [-0.1, -0.05) is 36.4 Å². The van der Waals surface area contributed by atoms with Crippen LogP contribution in [0.15, 0.2) is 72.8 Å². The number of alkyl halides is 3. The molecule has 1 N–H and O–H groups in total. The molecule has 11 heteroatoms. The van der Waals surface area contributed by atoms with Crippen LogP contribution >= 0.6 is 0 Å². The second kappa shape index (κ2) is 15.0. The number of halogens is 4. The first-order valence-electron chi connectivity index (χ1n) is 13.0. The molecule has 7 nitrogen and oxygen atoms in total. The van der Waals surface area contributed by atoms with Gasteiger partial charge in [-0.2, -0.15) is 13.2 Å². The van der Waals surface area contributed by atoms with Crippen LogP contribution in [0, 0.1) is 5.82 Å². The van der Waals surface area contributed by atoms with Crippen molar-refractivity contribution in [2.24, 2.45) is 0 Å². The smallest absolute Gasteiger partial charge is 0.419 e. The van der Waals surface area contributed by atoms with Gasteiger partial charge in [-0.25, -0.2) is 14.0 Å². The number of amides is 1. The SMILES string of the molecule is CCOC(Cc1ccc(OCCN(CCCc2ccc(F)cc2)C(=O)Oc2ccccc2C(F)(F)F)cc1)C(=O)O. The molecule has 0 aliphatic heterocycles. The van der Waals surface area contributed by atoms with Crippen LogP contribution in [0.5, 0.6) is 11.5 Å². The van der Waals surface area contributed by atoms with E-state index < -0.39 is 35.7 Å². The zero-order valence-corrected chi connectivity index (χ0v) is 22.4. The molecule has 1 unspecified atom stereocenters. The summed E-state index contributed by atoms with van der Waals surface area (Å²) in [7, 11) is 0. The van der Waals surface area contributed by atoms with E-state index in [0.29, 0.717) is 18.6 Å². The van der Waals surface area contributed by atoms with E-state index in [1.807, 2.05) is 0 Å². The fourth-order valence-corrected chi connectivity index (χ4v) is 4.00. The van der Waals surface area contributed by atoms with Gasteiger partial charge >= 0.3 is 18.2 Å². The van der Waals surface area contributed by atoms with E-state index in [-0.39, 0.29) is 38.5 Å². The molecule has 3 aromatic carbocycles. The summed E-state index contributed by atoms with van der Waals surface area (Å²) >= 11 is 0. The second-order valence-corrected chi connectivity index (χ2v) is 9.06. The highest BCUT2D eigenvalue weighted by Gasteiger charge is 2.35. The standard InChI is InChI=1S/C30H31F4NO6/c1-2-39-27(28(36)37)20-22-11-15-24(16-12-22)40-19-18-35(17-5-6-21-9-13-23(31)14-10-21)29(38)41-26-8-4-3-7-25(26)30(32,33)34/h3-4,7-16,27H,2,5-6,17-20H2,1H3,(H,36,37). The van der Waals surface area contributed by atoms with E-state index in [1.54, 1.807) is 43.3 Å². The first kappa shape index (κ1) is 31.4. The number of carbonyl (C=O) groups is 2. The maximum absolute atomic E-state index is 13.4. The fraction of sp³-hybridized carbons (Fsp3) is 0.333. The Morgan fingerprint density at radius 2 is 1.59 bits per heavy atom. The summed E-state index contributed by atoms with van der Waals surface area (Å²) in [6.07, 6.45) is -5.51. The van der Waals surface area contributed by atoms with Crippen molar-refractivity contribution in [2.75, 3.05) is 26.3 Å². The van der Waals surface area contributed by atoms with Crippen molar-refractivity contribution >= 4 is 12.1 Å². The number of carboxylic acids is 1. The third-order valence-electron chi connectivity index (χ3n) is 6.07. The summed E-state index contributed by atoms with van der Waals surface area (Å²) in [6, 6.07) is 17.1. The van der Waals surface area contributed by atoms with Crippen LogP contribution in [0.1, 0.15) is 30.0 Å². The van der Waals surface area contributed by atoms with Crippen molar-refractivity contribution in [3.05, 3.63) is 95.3 Å². The van der Waals surface area contributed by atoms with Crippen molar-refractivity contribution in [2.45, 2.75) is 38.5 Å². The third kappa shape index (κ3) is 10.1. The molecule has 0 aliphatic carbocycles. The Kier molecular flexibility index (Phi) is 11.5. The maximum atomic E-state index is 13.4. The zero-order valence-electron chi connectivity index (χ0n) is 22.4. The van der Waals surface area contributed by atoms with Gasteiger partial charge in [-0.3, -0.25) is 0 Å². The molecule has 41 heavy (non-hydrogen) atoms.